The maximum absolute atomic E-state index is 9.38. The van der Waals surface area contributed by atoms with Crippen LogP contribution in [0.3, 0.4) is 0 Å². The smallest absolute Gasteiger partial charge is 0.141 e. The van der Waals surface area contributed by atoms with Gasteiger partial charge in [-0.05, 0) is 0 Å². The quantitative estimate of drug-likeness (QED) is 0.614. The van der Waals surface area contributed by atoms with Gasteiger partial charge in [-0.25, -0.2) is 4.98 Å². The van der Waals surface area contributed by atoms with Gasteiger partial charge in [-0.2, -0.15) is 0 Å². The Kier molecular flexibility index (Phi) is 1.37. The van der Waals surface area contributed by atoms with E-state index < -0.39 is 0 Å². The lowest BCUT2D eigenvalue weighted by molar-refractivity contribution is 0.479. The summed E-state index contributed by atoms with van der Waals surface area (Å²) in [5.74, 6) is 0.614. The lowest BCUT2D eigenvalue weighted by Gasteiger charge is -2.01. The highest BCUT2D eigenvalue weighted by Crippen LogP contribution is 2.26. The van der Waals surface area contributed by atoms with Gasteiger partial charge in [0.15, 0.2) is 0 Å². The molecular formula is C9H8N2O. The van der Waals surface area contributed by atoms with Crippen molar-refractivity contribution >= 4 is 16.6 Å². The van der Waals surface area contributed by atoms with Crippen LogP contribution in [0.15, 0.2) is 30.5 Å². The molecular weight excluding hydrogens is 152 g/mol. The minimum atomic E-state index is 0.166. The zero-order chi connectivity index (χ0) is 8.55. The van der Waals surface area contributed by atoms with E-state index in [9.17, 15) is 5.11 Å². The van der Waals surface area contributed by atoms with Crippen LogP contribution in [-0.2, 0) is 0 Å². The van der Waals surface area contributed by atoms with Gasteiger partial charge in [0.05, 0.1) is 6.20 Å². The molecule has 2 rings (SSSR count). The average Bonchev–Trinajstić information content (AvgIpc) is 2.12. The van der Waals surface area contributed by atoms with E-state index >= 15 is 0 Å². The third-order valence-corrected chi connectivity index (χ3v) is 1.80. The monoisotopic (exact) mass is 160 g/mol. The van der Waals surface area contributed by atoms with Crippen molar-refractivity contribution in [2.75, 3.05) is 5.73 Å². The van der Waals surface area contributed by atoms with Gasteiger partial charge in [-0.1, -0.05) is 24.3 Å². The van der Waals surface area contributed by atoms with Crippen molar-refractivity contribution in [3.63, 3.8) is 0 Å². The highest BCUT2D eigenvalue weighted by molar-refractivity contribution is 5.94. The number of pyridine rings is 1. The summed E-state index contributed by atoms with van der Waals surface area (Å²) in [5, 5.41) is 10.9. The topological polar surface area (TPSA) is 59.1 Å². The molecule has 0 aliphatic heterocycles. The molecule has 1 heterocycles. The predicted octanol–water partition coefficient (Wildman–Crippen LogP) is 1.52. The standard InChI is InChI=1S/C9H8N2O/c10-9-7-4-2-1-3-6(7)8(12)5-11-9/h1-5,12H,(H2,10,11). The Balaban J connectivity index is 2.95. The van der Waals surface area contributed by atoms with Gasteiger partial charge >= 0.3 is 0 Å². The number of nitrogens with zero attached hydrogens (tertiary/aromatic N) is 1. The first-order chi connectivity index (χ1) is 5.79. The molecule has 0 fully saturated rings. The van der Waals surface area contributed by atoms with Crippen molar-refractivity contribution in [2.24, 2.45) is 0 Å². The Bertz CT molecular complexity index is 385. The first-order valence-corrected chi connectivity index (χ1v) is 3.61. The Morgan fingerprint density at radius 1 is 1.17 bits per heavy atom. The summed E-state index contributed by atoms with van der Waals surface area (Å²) in [5.41, 5.74) is 5.60. The van der Waals surface area contributed by atoms with Crippen LogP contribution in [0.5, 0.6) is 5.75 Å². The number of aromatic hydroxyl groups is 1. The third-order valence-electron chi connectivity index (χ3n) is 1.80. The molecule has 0 unspecified atom stereocenters. The number of nitrogens with two attached hydrogens (primary N) is 1. The highest BCUT2D eigenvalue weighted by Gasteiger charge is 2.01. The fourth-order valence-corrected chi connectivity index (χ4v) is 1.20. The maximum Gasteiger partial charge on any atom is 0.141 e. The largest absolute Gasteiger partial charge is 0.506 e. The Labute approximate surface area is 69.5 Å². The fraction of sp³-hybridized carbons (Fsp3) is 0. The molecule has 0 spiro atoms. The zero-order valence-electron chi connectivity index (χ0n) is 6.36. The lowest BCUT2D eigenvalue weighted by atomic mass is 10.1. The summed E-state index contributed by atoms with van der Waals surface area (Å²) in [7, 11) is 0. The van der Waals surface area contributed by atoms with Crippen molar-refractivity contribution in [3.8, 4) is 5.75 Å². The second-order valence-corrected chi connectivity index (χ2v) is 2.57. The SMILES string of the molecule is Nc1ncc(O)c2ccccc12. The first kappa shape index (κ1) is 6.91. The maximum atomic E-state index is 9.38. The van der Waals surface area contributed by atoms with E-state index in [-0.39, 0.29) is 5.75 Å². The van der Waals surface area contributed by atoms with Gasteiger partial charge in [-0.3, -0.25) is 0 Å². The summed E-state index contributed by atoms with van der Waals surface area (Å²) < 4.78 is 0. The molecule has 0 aliphatic carbocycles. The minimum Gasteiger partial charge on any atom is -0.506 e. The van der Waals surface area contributed by atoms with Crippen molar-refractivity contribution in [1.82, 2.24) is 4.98 Å². The average molecular weight is 160 g/mol. The normalized spacial score (nSPS) is 10.3. The molecule has 0 atom stereocenters. The Morgan fingerprint density at radius 2 is 1.83 bits per heavy atom. The van der Waals surface area contributed by atoms with Gasteiger partial charge in [0.25, 0.3) is 0 Å². The van der Waals surface area contributed by atoms with E-state index in [1.54, 1.807) is 0 Å². The second kappa shape index (κ2) is 2.37. The highest BCUT2D eigenvalue weighted by atomic mass is 16.3. The first-order valence-electron chi connectivity index (χ1n) is 3.61. The van der Waals surface area contributed by atoms with Crippen LogP contribution < -0.4 is 5.73 Å². The number of aromatic nitrogens is 1. The molecule has 12 heavy (non-hydrogen) atoms. The number of fused-ring (bicyclic) bond motifs is 1. The Morgan fingerprint density at radius 3 is 2.50 bits per heavy atom. The number of anilines is 1. The van der Waals surface area contributed by atoms with Crippen molar-refractivity contribution in [2.45, 2.75) is 0 Å². The van der Waals surface area contributed by atoms with Crippen LogP contribution in [-0.4, -0.2) is 10.1 Å². The molecule has 0 amide bonds. The van der Waals surface area contributed by atoms with Crippen molar-refractivity contribution in [1.29, 1.82) is 0 Å². The van der Waals surface area contributed by atoms with E-state index in [1.165, 1.54) is 6.20 Å². The number of hydrogen-bond acceptors (Lipinski definition) is 3. The summed E-state index contributed by atoms with van der Waals surface area (Å²) in [6.07, 6.45) is 1.36. The molecule has 0 bridgehead atoms. The summed E-state index contributed by atoms with van der Waals surface area (Å²) in [6.45, 7) is 0. The van der Waals surface area contributed by atoms with Crippen LogP contribution in [0.2, 0.25) is 0 Å². The van der Waals surface area contributed by atoms with Gasteiger partial charge in [0.2, 0.25) is 0 Å². The summed E-state index contributed by atoms with van der Waals surface area (Å²) in [4.78, 5) is 3.83. The molecule has 3 heteroatoms. The molecule has 2 aromatic rings. The number of rotatable bonds is 0. The van der Waals surface area contributed by atoms with E-state index in [4.69, 9.17) is 5.73 Å². The van der Waals surface area contributed by atoms with Gasteiger partial charge in [-0.15, -0.1) is 0 Å². The van der Waals surface area contributed by atoms with Crippen LogP contribution in [0.25, 0.3) is 10.8 Å². The van der Waals surface area contributed by atoms with E-state index in [2.05, 4.69) is 4.98 Å². The minimum absolute atomic E-state index is 0.166. The molecule has 3 nitrogen and oxygen atoms in total. The van der Waals surface area contributed by atoms with E-state index in [1.807, 2.05) is 24.3 Å². The van der Waals surface area contributed by atoms with Crippen LogP contribution in [0, 0.1) is 0 Å². The van der Waals surface area contributed by atoms with Crippen LogP contribution in [0.1, 0.15) is 0 Å². The van der Waals surface area contributed by atoms with Gasteiger partial charge in [0, 0.05) is 10.8 Å². The van der Waals surface area contributed by atoms with Gasteiger partial charge in [0.1, 0.15) is 11.6 Å². The molecule has 1 aromatic carbocycles. The molecule has 3 N–H and O–H groups in total. The molecule has 60 valence electrons. The molecule has 0 radical (unpaired) electrons. The van der Waals surface area contributed by atoms with Gasteiger partial charge < -0.3 is 10.8 Å². The lowest BCUT2D eigenvalue weighted by Crippen LogP contribution is -1.90. The van der Waals surface area contributed by atoms with Crippen LogP contribution >= 0.6 is 0 Å². The van der Waals surface area contributed by atoms with E-state index in [0.29, 0.717) is 5.82 Å². The Hall–Kier alpha value is -1.77. The summed E-state index contributed by atoms with van der Waals surface area (Å²) >= 11 is 0. The third kappa shape index (κ3) is 0.871. The van der Waals surface area contributed by atoms with Crippen molar-refractivity contribution < 1.29 is 5.11 Å². The molecule has 0 saturated heterocycles. The fourth-order valence-electron chi connectivity index (χ4n) is 1.20. The predicted molar refractivity (Wildman–Crippen MR) is 47.8 cm³/mol. The molecule has 0 saturated carbocycles. The molecule has 0 aliphatic rings. The van der Waals surface area contributed by atoms with E-state index in [0.717, 1.165) is 10.8 Å². The second-order valence-electron chi connectivity index (χ2n) is 2.57. The molecule has 1 aromatic heterocycles. The van der Waals surface area contributed by atoms with Crippen molar-refractivity contribution in [3.05, 3.63) is 30.5 Å². The summed E-state index contributed by atoms with van der Waals surface area (Å²) in [6, 6.07) is 7.35. The number of benzene rings is 1. The zero-order valence-corrected chi connectivity index (χ0v) is 6.36. The number of hydrogen-bond donors (Lipinski definition) is 2. The van der Waals surface area contributed by atoms with Crippen LogP contribution in [0.4, 0.5) is 5.82 Å². The number of nitrogen functional groups attached to an aromatic ring is 1.